The summed E-state index contributed by atoms with van der Waals surface area (Å²) in [7, 11) is 0. The average molecular weight is 427 g/mol. The smallest absolute Gasteiger partial charge is 0.114 e. The highest BCUT2D eigenvalue weighted by molar-refractivity contribution is 6.68. The van der Waals surface area contributed by atoms with Gasteiger partial charge >= 0.3 is 0 Å². The van der Waals surface area contributed by atoms with Crippen LogP contribution >= 0.6 is 81.2 Å². The van der Waals surface area contributed by atoms with E-state index in [4.69, 9.17) is 81.2 Å². The van der Waals surface area contributed by atoms with E-state index in [9.17, 15) is 0 Å². The second kappa shape index (κ2) is 6.48. The van der Waals surface area contributed by atoms with E-state index in [0.29, 0.717) is 22.9 Å². The van der Waals surface area contributed by atoms with E-state index >= 15 is 0 Å². The van der Waals surface area contributed by atoms with Crippen LogP contribution < -0.4 is 0 Å². The van der Waals surface area contributed by atoms with Gasteiger partial charge in [-0.05, 0) is 25.0 Å². The van der Waals surface area contributed by atoms with Crippen LogP contribution in [0.25, 0.3) is 0 Å². The first kappa shape index (κ1) is 18.3. The van der Waals surface area contributed by atoms with Gasteiger partial charge in [0.25, 0.3) is 0 Å². The maximum atomic E-state index is 6.74. The lowest BCUT2D eigenvalue weighted by molar-refractivity contribution is 0.354. The van der Waals surface area contributed by atoms with Gasteiger partial charge in [-0.25, -0.2) is 0 Å². The third kappa shape index (κ3) is 4.10. The van der Waals surface area contributed by atoms with Gasteiger partial charge in [0.15, 0.2) is 3.79 Å². The molecule has 0 saturated carbocycles. The monoisotopic (exact) mass is 424 g/mol. The van der Waals surface area contributed by atoms with Gasteiger partial charge in [0.2, 0.25) is 0 Å². The Morgan fingerprint density at radius 3 is 1.48 bits per heavy atom. The van der Waals surface area contributed by atoms with Crippen LogP contribution in [0.3, 0.4) is 0 Å². The van der Waals surface area contributed by atoms with Crippen LogP contribution in [0.4, 0.5) is 0 Å². The Kier molecular flexibility index (Phi) is 5.65. The van der Waals surface area contributed by atoms with Crippen molar-refractivity contribution in [2.45, 2.75) is 26.4 Å². The van der Waals surface area contributed by atoms with Gasteiger partial charge in [-0.3, -0.25) is 0 Å². The molecule has 0 spiro atoms. The Morgan fingerprint density at radius 2 is 1.24 bits per heavy atom. The maximum absolute atomic E-state index is 6.74. The first-order chi connectivity index (χ1) is 9.57. The van der Waals surface area contributed by atoms with Crippen LogP contribution in [0.1, 0.15) is 12.8 Å². The van der Waals surface area contributed by atoms with Crippen molar-refractivity contribution in [1.82, 2.24) is 0 Å². The highest BCUT2D eigenvalue weighted by Gasteiger charge is 2.56. The maximum Gasteiger partial charge on any atom is 0.197 e. The summed E-state index contributed by atoms with van der Waals surface area (Å²) in [5.41, 5.74) is 0. The van der Waals surface area contributed by atoms with Gasteiger partial charge in [0, 0.05) is 10.1 Å². The molecule has 0 N–H and O–H groups in total. The zero-order chi connectivity index (χ0) is 15.9. The number of hydrogen-bond donors (Lipinski definition) is 0. The number of rotatable bonds is 2. The molecule has 21 heavy (non-hydrogen) atoms. The fraction of sp³-hybridized carbons (Fsp3) is 0.429. The fourth-order valence-electron chi connectivity index (χ4n) is 2.59. The summed E-state index contributed by atoms with van der Waals surface area (Å²) in [5, 5.41) is 1.19. The second-order valence-electron chi connectivity index (χ2n) is 5.08. The first-order valence-electron chi connectivity index (χ1n) is 6.11. The summed E-state index contributed by atoms with van der Waals surface area (Å²) in [6.07, 6.45) is 11.3. The van der Waals surface area contributed by atoms with Crippen molar-refractivity contribution in [1.29, 1.82) is 0 Å². The van der Waals surface area contributed by atoms with E-state index < -0.39 is 19.5 Å². The molecule has 0 aromatic rings. The van der Waals surface area contributed by atoms with E-state index in [1.54, 1.807) is 36.5 Å². The largest absolute Gasteiger partial charge is 0.197 e. The fourth-order valence-corrected chi connectivity index (χ4v) is 5.42. The first-order valence-corrected chi connectivity index (χ1v) is 8.76. The van der Waals surface area contributed by atoms with Crippen molar-refractivity contribution < 1.29 is 0 Å². The quantitative estimate of drug-likeness (QED) is 0.413. The van der Waals surface area contributed by atoms with Gasteiger partial charge in [-0.2, -0.15) is 0 Å². The summed E-state index contributed by atoms with van der Waals surface area (Å²) >= 11 is 44.0. The van der Waals surface area contributed by atoms with Crippen LogP contribution in [0, 0.1) is 5.92 Å². The lowest BCUT2D eigenvalue weighted by Crippen LogP contribution is -2.51. The molecule has 2 aliphatic carbocycles. The molecule has 0 amide bonds. The SMILES string of the molecule is ClC1=CCC(Cl)(C(C(Cl)(Cl)Cl)C2(Cl)C=CC(Cl)=CC2)C=C1. The molecule has 0 aromatic heterocycles. The molecule has 2 aliphatic rings. The summed E-state index contributed by atoms with van der Waals surface area (Å²) in [4.78, 5) is -1.90. The standard InChI is InChI=1S/C14H11Cl7/c15-9-1-5-12(17,6-2-9)11(14(19,20)21)13(18)7-3-10(16)4-8-13/h1-5,7,11H,6,8H2. The normalized spacial score (nSPS) is 34.4. The topological polar surface area (TPSA) is 0 Å². The molecule has 2 atom stereocenters. The van der Waals surface area contributed by atoms with Crippen LogP contribution in [0.5, 0.6) is 0 Å². The van der Waals surface area contributed by atoms with Crippen molar-refractivity contribution in [2.24, 2.45) is 5.92 Å². The molecule has 0 bridgehead atoms. The molecule has 0 heterocycles. The molecular formula is C14H11Cl7. The third-order valence-corrected chi connectivity index (χ3v) is 5.76. The van der Waals surface area contributed by atoms with Crippen LogP contribution in [0.15, 0.2) is 46.5 Å². The predicted molar refractivity (Wildman–Crippen MR) is 96.3 cm³/mol. The number of alkyl halides is 5. The van der Waals surface area contributed by atoms with Gasteiger partial charge in [0.05, 0.1) is 15.7 Å². The van der Waals surface area contributed by atoms with Crippen LogP contribution in [-0.4, -0.2) is 13.5 Å². The predicted octanol–water partition coefficient (Wildman–Crippen LogP) is 7.09. The molecule has 2 rings (SSSR count). The highest BCUT2D eigenvalue weighted by Crippen LogP contribution is 2.56. The molecular weight excluding hydrogens is 416 g/mol. The van der Waals surface area contributed by atoms with Crippen molar-refractivity contribution in [3.8, 4) is 0 Å². The van der Waals surface area contributed by atoms with E-state index in [1.807, 2.05) is 0 Å². The number of hydrogen-bond acceptors (Lipinski definition) is 0. The number of halogens is 7. The van der Waals surface area contributed by atoms with E-state index in [0.717, 1.165) is 0 Å². The Morgan fingerprint density at radius 1 is 0.857 bits per heavy atom. The average Bonchev–Trinajstić information content (AvgIpc) is 2.36. The molecule has 0 aliphatic heterocycles. The van der Waals surface area contributed by atoms with Crippen LogP contribution in [0.2, 0.25) is 0 Å². The van der Waals surface area contributed by atoms with Gasteiger partial charge in [-0.1, -0.05) is 82.3 Å². The second-order valence-corrected chi connectivity index (χ2v) is 9.73. The molecule has 0 nitrogen and oxygen atoms in total. The Balaban J connectivity index is 2.42. The molecule has 7 heteroatoms. The van der Waals surface area contributed by atoms with Crippen molar-refractivity contribution in [2.75, 3.05) is 0 Å². The molecule has 0 fully saturated rings. The molecule has 2 unspecified atom stereocenters. The minimum atomic E-state index is -1.66. The van der Waals surface area contributed by atoms with E-state index in [1.165, 1.54) is 0 Å². The minimum Gasteiger partial charge on any atom is -0.114 e. The Bertz CT molecular complexity index is 498. The molecule has 0 aromatic carbocycles. The minimum absolute atomic E-state index is 0.419. The van der Waals surface area contributed by atoms with Crippen LogP contribution in [-0.2, 0) is 0 Å². The Hall–Kier alpha value is 0.990. The van der Waals surface area contributed by atoms with Crippen molar-refractivity contribution >= 4 is 81.2 Å². The zero-order valence-electron chi connectivity index (χ0n) is 10.6. The van der Waals surface area contributed by atoms with Gasteiger partial charge < -0.3 is 0 Å². The summed E-state index contributed by atoms with van der Waals surface area (Å²) < 4.78 is -1.66. The van der Waals surface area contributed by atoms with E-state index in [2.05, 4.69) is 0 Å². The summed E-state index contributed by atoms with van der Waals surface area (Å²) in [5.74, 6) is -0.680. The lowest BCUT2D eigenvalue weighted by Gasteiger charge is -2.46. The summed E-state index contributed by atoms with van der Waals surface area (Å²) in [6, 6.07) is 0. The van der Waals surface area contributed by atoms with E-state index in [-0.39, 0.29) is 0 Å². The molecule has 0 radical (unpaired) electrons. The Labute approximate surface area is 159 Å². The third-order valence-electron chi connectivity index (χ3n) is 3.55. The lowest BCUT2D eigenvalue weighted by atomic mass is 9.75. The molecule has 116 valence electrons. The molecule has 0 saturated heterocycles. The number of allylic oxidation sites excluding steroid dienone is 8. The zero-order valence-corrected chi connectivity index (χ0v) is 15.9. The highest BCUT2D eigenvalue weighted by atomic mass is 35.6. The van der Waals surface area contributed by atoms with Crippen molar-refractivity contribution in [3.63, 3.8) is 0 Å². The van der Waals surface area contributed by atoms with Crippen molar-refractivity contribution in [3.05, 3.63) is 46.5 Å². The van der Waals surface area contributed by atoms with Gasteiger partial charge in [-0.15, -0.1) is 23.2 Å². The van der Waals surface area contributed by atoms with Gasteiger partial charge in [0.1, 0.15) is 0 Å². The summed E-state index contributed by atoms with van der Waals surface area (Å²) in [6.45, 7) is 0.